The molecule has 134 valence electrons. The smallest absolute Gasteiger partial charge is 0.264 e. The fraction of sp³-hybridized carbons (Fsp3) is 0.368. The molecule has 2 amide bonds. The Morgan fingerprint density at radius 1 is 1.16 bits per heavy atom. The molecule has 25 heavy (non-hydrogen) atoms. The Morgan fingerprint density at radius 2 is 1.92 bits per heavy atom. The maximum absolute atomic E-state index is 12.2. The third-order valence-corrected chi connectivity index (χ3v) is 4.52. The van der Waals surface area contributed by atoms with Gasteiger partial charge in [-0.15, -0.1) is 11.3 Å². The van der Waals surface area contributed by atoms with Crippen molar-refractivity contribution in [2.75, 3.05) is 20.2 Å². The number of benzene rings is 1. The van der Waals surface area contributed by atoms with Crippen LogP contribution in [0.1, 0.15) is 34.1 Å². The Labute approximate surface area is 152 Å². The summed E-state index contributed by atoms with van der Waals surface area (Å²) in [6.45, 7) is 3.78. The topological polar surface area (TPSA) is 58.6 Å². The van der Waals surface area contributed by atoms with Crippen molar-refractivity contribution in [2.45, 2.75) is 26.5 Å². The van der Waals surface area contributed by atoms with Crippen molar-refractivity contribution in [1.29, 1.82) is 0 Å². The molecule has 0 aliphatic rings. The Morgan fingerprint density at radius 3 is 2.60 bits per heavy atom. The molecule has 0 saturated carbocycles. The molecule has 0 aliphatic carbocycles. The predicted octanol–water partition coefficient (Wildman–Crippen LogP) is 3.06. The average Bonchev–Trinajstić information content (AvgIpc) is 3.15. The number of ether oxygens (including phenoxy) is 1. The quantitative estimate of drug-likeness (QED) is 0.699. The molecule has 0 bridgehead atoms. The highest BCUT2D eigenvalue weighted by molar-refractivity contribution is 7.12. The van der Waals surface area contributed by atoms with Gasteiger partial charge in [0, 0.05) is 20.2 Å². The summed E-state index contributed by atoms with van der Waals surface area (Å²) in [6.07, 6.45) is 0.976. The average molecular weight is 360 g/mol. The second kappa shape index (κ2) is 9.96. The Bertz CT molecular complexity index is 686. The van der Waals surface area contributed by atoms with E-state index in [-0.39, 0.29) is 18.4 Å². The zero-order valence-corrected chi connectivity index (χ0v) is 15.5. The SMILES string of the molecule is CCCOCc1ccccc1CNC(=O)CN(C)C(=O)c1cccs1. The van der Waals surface area contributed by atoms with E-state index in [1.165, 1.54) is 16.2 Å². The summed E-state index contributed by atoms with van der Waals surface area (Å²) in [5.41, 5.74) is 2.10. The minimum atomic E-state index is -0.184. The Balaban J connectivity index is 1.84. The van der Waals surface area contributed by atoms with E-state index in [1.54, 1.807) is 13.1 Å². The van der Waals surface area contributed by atoms with Gasteiger partial charge < -0.3 is 15.0 Å². The molecule has 0 spiro atoms. The van der Waals surface area contributed by atoms with E-state index in [0.29, 0.717) is 18.0 Å². The highest BCUT2D eigenvalue weighted by Crippen LogP contribution is 2.12. The van der Waals surface area contributed by atoms with Crippen LogP contribution in [0.15, 0.2) is 41.8 Å². The largest absolute Gasteiger partial charge is 0.377 e. The number of nitrogens with zero attached hydrogens (tertiary/aromatic N) is 1. The molecule has 0 aliphatic heterocycles. The molecule has 5 nitrogen and oxygen atoms in total. The third kappa shape index (κ3) is 5.99. The summed E-state index contributed by atoms with van der Waals surface area (Å²) in [5.74, 6) is -0.324. The normalized spacial score (nSPS) is 10.5. The molecule has 1 aromatic carbocycles. The van der Waals surface area contributed by atoms with Gasteiger partial charge in [-0.05, 0) is 29.0 Å². The van der Waals surface area contributed by atoms with Crippen LogP contribution in [-0.2, 0) is 22.7 Å². The van der Waals surface area contributed by atoms with E-state index in [9.17, 15) is 9.59 Å². The molecular weight excluding hydrogens is 336 g/mol. The van der Waals surface area contributed by atoms with Crippen LogP contribution in [0.3, 0.4) is 0 Å². The van der Waals surface area contributed by atoms with Gasteiger partial charge in [0.05, 0.1) is 18.0 Å². The molecule has 0 atom stereocenters. The fourth-order valence-electron chi connectivity index (χ4n) is 2.32. The lowest BCUT2D eigenvalue weighted by atomic mass is 10.1. The Hall–Kier alpha value is -2.18. The molecule has 6 heteroatoms. The van der Waals surface area contributed by atoms with Crippen molar-refractivity contribution < 1.29 is 14.3 Å². The lowest BCUT2D eigenvalue weighted by Crippen LogP contribution is -2.38. The summed E-state index contributed by atoms with van der Waals surface area (Å²) in [5, 5.41) is 4.72. The maximum Gasteiger partial charge on any atom is 0.264 e. The summed E-state index contributed by atoms with van der Waals surface area (Å²) in [7, 11) is 1.63. The van der Waals surface area contributed by atoms with Crippen molar-refractivity contribution in [3.05, 3.63) is 57.8 Å². The van der Waals surface area contributed by atoms with Crippen LogP contribution in [0.25, 0.3) is 0 Å². The number of likely N-dealkylation sites (N-methyl/N-ethyl adjacent to an activating group) is 1. The molecule has 0 unspecified atom stereocenters. The second-order valence-corrected chi connectivity index (χ2v) is 6.68. The highest BCUT2D eigenvalue weighted by Gasteiger charge is 2.15. The van der Waals surface area contributed by atoms with Crippen LogP contribution in [0, 0.1) is 0 Å². The maximum atomic E-state index is 12.2. The minimum Gasteiger partial charge on any atom is -0.377 e. The first-order valence-electron chi connectivity index (χ1n) is 8.32. The van der Waals surface area contributed by atoms with Crippen molar-refractivity contribution in [3.8, 4) is 0 Å². The van der Waals surface area contributed by atoms with Crippen LogP contribution in [0.5, 0.6) is 0 Å². The number of hydrogen-bond donors (Lipinski definition) is 1. The van der Waals surface area contributed by atoms with Crippen LogP contribution in [0.2, 0.25) is 0 Å². The summed E-state index contributed by atoms with van der Waals surface area (Å²) >= 11 is 1.37. The molecule has 2 aromatic rings. The van der Waals surface area contributed by atoms with Crippen LogP contribution in [-0.4, -0.2) is 36.9 Å². The standard InChI is InChI=1S/C19H24N2O3S/c1-3-10-24-14-16-8-5-4-7-15(16)12-20-18(22)13-21(2)19(23)17-9-6-11-25-17/h4-9,11H,3,10,12-14H2,1-2H3,(H,20,22). The third-order valence-electron chi connectivity index (χ3n) is 3.66. The molecule has 2 rings (SSSR count). The molecular formula is C19H24N2O3S. The van der Waals surface area contributed by atoms with E-state index in [4.69, 9.17) is 4.74 Å². The molecule has 0 radical (unpaired) electrons. The van der Waals surface area contributed by atoms with Crippen molar-refractivity contribution in [1.82, 2.24) is 10.2 Å². The van der Waals surface area contributed by atoms with Crippen LogP contribution >= 0.6 is 11.3 Å². The van der Waals surface area contributed by atoms with E-state index in [1.807, 2.05) is 35.7 Å². The second-order valence-electron chi connectivity index (χ2n) is 5.74. The van der Waals surface area contributed by atoms with Crippen LogP contribution in [0.4, 0.5) is 0 Å². The monoisotopic (exact) mass is 360 g/mol. The number of rotatable bonds is 9. The van der Waals surface area contributed by atoms with Gasteiger partial charge in [-0.25, -0.2) is 0 Å². The number of thiophene rings is 1. The zero-order valence-electron chi connectivity index (χ0n) is 14.7. The highest BCUT2D eigenvalue weighted by atomic mass is 32.1. The van der Waals surface area contributed by atoms with Gasteiger partial charge in [-0.1, -0.05) is 37.3 Å². The zero-order chi connectivity index (χ0) is 18.1. The number of carbonyl (C=O) groups excluding carboxylic acids is 2. The van der Waals surface area contributed by atoms with Crippen LogP contribution < -0.4 is 5.32 Å². The molecule has 0 saturated heterocycles. The molecule has 0 fully saturated rings. The van der Waals surface area contributed by atoms with Gasteiger partial charge in [-0.3, -0.25) is 9.59 Å². The van der Waals surface area contributed by atoms with Crippen molar-refractivity contribution in [2.24, 2.45) is 0 Å². The number of carbonyl (C=O) groups is 2. The number of amides is 2. The van der Waals surface area contributed by atoms with Gasteiger partial charge in [-0.2, -0.15) is 0 Å². The molecule has 1 heterocycles. The lowest BCUT2D eigenvalue weighted by Gasteiger charge is -2.16. The van der Waals surface area contributed by atoms with Gasteiger partial charge >= 0.3 is 0 Å². The van der Waals surface area contributed by atoms with E-state index in [2.05, 4.69) is 12.2 Å². The van der Waals surface area contributed by atoms with Crippen molar-refractivity contribution in [3.63, 3.8) is 0 Å². The van der Waals surface area contributed by atoms with Gasteiger partial charge in [0.25, 0.3) is 5.91 Å². The summed E-state index contributed by atoms with van der Waals surface area (Å²) < 4.78 is 5.59. The Kier molecular flexibility index (Phi) is 7.63. The summed E-state index contributed by atoms with van der Waals surface area (Å²) in [4.78, 5) is 26.4. The molecule has 1 aromatic heterocycles. The first-order chi connectivity index (χ1) is 12.1. The number of nitrogens with one attached hydrogen (secondary N) is 1. The van der Waals surface area contributed by atoms with Crippen molar-refractivity contribution >= 4 is 23.2 Å². The van der Waals surface area contributed by atoms with E-state index < -0.39 is 0 Å². The fourth-order valence-corrected chi connectivity index (χ4v) is 3.04. The predicted molar refractivity (Wildman–Crippen MR) is 99.5 cm³/mol. The van der Waals surface area contributed by atoms with Gasteiger partial charge in [0.2, 0.25) is 5.91 Å². The summed E-state index contributed by atoms with van der Waals surface area (Å²) in [6, 6.07) is 11.5. The molecule has 1 N–H and O–H groups in total. The van der Waals surface area contributed by atoms with Gasteiger partial charge in [0.15, 0.2) is 0 Å². The van der Waals surface area contributed by atoms with E-state index in [0.717, 1.165) is 24.2 Å². The number of hydrogen-bond acceptors (Lipinski definition) is 4. The first-order valence-corrected chi connectivity index (χ1v) is 9.20. The minimum absolute atomic E-state index is 0.0330. The van der Waals surface area contributed by atoms with Gasteiger partial charge in [0.1, 0.15) is 0 Å². The first kappa shape index (κ1) is 19.1. The lowest BCUT2D eigenvalue weighted by molar-refractivity contribution is -0.121. The van der Waals surface area contributed by atoms with E-state index >= 15 is 0 Å².